The molecule has 3 fully saturated rings. The molecule has 5 aliphatic rings. The maximum atomic E-state index is 12.6. The summed E-state index contributed by atoms with van der Waals surface area (Å²) in [5.41, 5.74) is 4.99. The Morgan fingerprint density at radius 1 is 1.09 bits per heavy atom. The van der Waals surface area contributed by atoms with E-state index in [9.17, 15) is 4.79 Å². The fourth-order valence-electron chi connectivity index (χ4n) is 8.38. The molecule has 1 saturated heterocycles. The van der Waals surface area contributed by atoms with Gasteiger partial charge in [0.15, 0.2) is 0 Å². The van der Waals surface area contributed by atoms with E-state index in [-0.39, 0.29) is 28.8 Å². The molecule has 4 nitrogen and oxygen atoms in total. The number of nitrogens with one attached hydrogen (secondary N) is 1. The molecule has 1 aromatic rings. The van der Waals surface area contributed by atoms with Crippen LogP contribution in [-0.4, -0.2) is 30.1 Å². The van der Waals surface area contributed by atoms with Crippen molar-refractivity contribution in [2.24, 2.45) is 34.5 Å². The normalized spacial score (nSPS) is 41.9. The van der Waals surface area contributed by atoms with E-state index in [0.717, 1.165) is 56.5 Å². The molecule has 1 aliphatic heterocycles. The van der Waals surface area contributed by atoms with Gasteiger partial charge in [0.1, 0.15) is 6.10 Å². The van der Waals surface area contributed by atoms with Crippen LogP contribution in [0.2, 0.25) is 0 Å². The fraction of sp³-hybridized carbons (Fsp3) is 0.655. The first-order chi connectivity index (χ1) is 16.0. The predicted molar refractivity (Wildman–Crippen MR) is 130 cm³/mol. The van der Waals surface area contributed by atoms with Crippen molar-refractivity contribution < 1.29 is 9.53 Å². The Kier molecular flexibility index (Phi) is 5.28. The number of aromatic nitrogens is 1. The molecule has 2 unspecified atom stereocenters. The summed E-state index contributed by atoms with van der Waals surface area (Å²) in [6, 6.07) is 4.31. The molecule has 1 N–H and O–H groups in total. The lowest BCUT2D eigenvalue weighted by atomic mass is 9.47. The molecule has 0 aromatic carbocycles. The van der Waals surface area contributed by atoms with Gasteiger partial charge >= 0.3 is 5.97 Å². The van der Waals surface area contributed by atoms with E-state index in [1.807, 2.05) is 6.20 Å². The van der Waals surface area contributed by atoms with Crippen LogP contribution in [0.25, 0.3) is 5.57 Å². The quantitative estimate of drug-likeness (QED) is 0.488. The van der Waals surface area contributed by atoms with Crippen molar-refractivity contribution in [2.75, 3.05) is 13.1 Å². The molecule has 2 heterocycles. The zero-order valence-electron chi connectivity index (χ0n) is 20.2. The molecule has 176 valence electrons. The van der Waals surface area contributed by atoms with Crippen molar-refractivity contribution in [2.45, 2.75) is 71.3 Å². The molecule has 2 saturated carbocycles. The molecular formula is C29H38N2O2. The maximum absolute atomic E-state index is 12.6. The van der Waals surface area contributed by atoms with E-state index in [4.69, 9.17) is 4.74 Å². The SMILES string of the molecule is C[C@]12CC[C@H](OC(=O)[C@H]3CCNC3)CC1=CC[C@@H]1C2CC[C@]2(C)C(c3cccnc3)=CCC12. The standard InChI is InChI=1S/C29H38N2O2/c1-28-12-9-22(33-27(32)20-11-15-31-18-20)16-21(28)5-6-23-25-8-7-24(19-4-3-14-30-17-19)29(25,2)13-10-26(23)28/h3-5,7,14,17,20,22-23,25-26,31H,6,8-13,15-16,18H2,1-2H3/t20-,22-,23-,25?,26?,28-,29+/m0/s1. The highest BCUT2D eigenvalue weighted by atomic mass is 16.5. The molecule has 33 heavy (non-hydrogen) atoms. The molecule has 4 aliphatic carbocycles. The van der Waals surface area contributed by atoms with Gasteiger partial charge in [0.05, 0.1) is 5.92 Å². The van der Waals surface area contributed by atoms with E-state index >= 15 is 0 Å². The number of carbonyl (C=O) groups excluding carboxylic acids is 1. The van der Waals surface area contributed by atoms with Crippen molar-refractivity contribution in [3.8, 4) is 0 Å². The molecule has 7 atom stereocenters. The Bertz CT molecular complexity index is 979. The number of hydrogen-bond acceptors (Lipinski definition) is 4. The van der Waals surface area contributed by atoms with Crippen molar-refractivity contribution in [1.29, 1.82) is 0 Å². The van der Waals surface area contributed by atoms with Crippen molar-refractivity contribution in [3.05, 3.63) is 47.8 Å². The molecular weight excluding hydrogens is 408 g/mol. The van der Waals surface area contributed by atoms with Gasteiger partial charge in [0.25, 0.3) is 0 Å². The second kappa shape index (κ2) is 8.08. The summed E-state index contributed by atoms with van der Waals surface area (Å²) in [7, 11) is 0. The van der Waals surface area contributed by atoms with E-state index in [0.29, 0.717) is 0 Å². The summed E-state index contributed by atoms with van der Waals surface area (Å²) in [4.78, 5) is 17.0. The van der Waals surface area contributed by atoms with Gasteiger partial charge in [0, 0.05) is 25.4 Å². The van der Waals surface area contributed by atoms with Crippen LogP contribution in [0, 0.1) is 34.5 Å². The summed E-state index contributed by atoms with van der Waals surface area (Å²) in [6.45, 7) is 6.77. The van der Waals surface area contributed by atoms with Crippen LogP contribution >= 0.6 is 0 Å². The van der Waals surface area contributed by atoms with Crippen molar-refractivity contribution in [3.63, 3.8) is 0 Å². The van der Waals surface area contributed by atoms with Crippen molar-refractivity contribution >= 4 is 11.5 Å². The molecule has 4 heteroatoms. The Morgan fingerprint density at radius 3 is 2.76 bits per heavy atom. The van der Waals surface area contributed by atoms with Crippen LogP contribution in [0.3, 0.4) is 0 Å². The first kappa shape index (κ1) is 21.6. The van der Waals surface area contributed by atoms with Crippen LogP contribution in [0.4, 0.5) is 0 Å². The van der Waals surface area contributed by atoms with Gasteiger partial charge in [-0.1, -0.05) is 37.6 Å². The number of nitrogens with zero attached hydrogens (tertiary/aromatic N) is 1. The van der Waals surface area contributed by atoms with E-state index in [2.05, 4.69) is 54.6 Å². The minimum atomic E-state index is 0.0243. The number of carbonyl (C=O) groups is 1. The molecule has 6 rings (SSSR count). The number of rotatable bonds is 3. The van der Waals surface area contributed by atoms with Crippen LogP contribution in [0.15, 0.2) is 42.3 Å². The summed E-state index contributed by atoms with van der Waals surface area (Å²) >= 11 is 0. The number of pyridine rings is 1. The molecule has 0 radical (unpaired) electrons. The van der Waals surface area contributed by atoms with Crippen molar-refractivity contribution in [1.82, 2.24) is 10.3 Å². The van der Waals surface area contributed by atoms with E-state index in [1.165, 1.54) is 36.8 Å². The second-order valence-electron chi connectivity index (χ2n) is 11.8. The van der Waals surface area contributed by atoms with E-state index in [1.54, 1.807) is 5.57 Å². The van der Waals surface area contributed by atoms with Gasteiger partial charge in [-0.05, 0) is 97.3 Å². The van der Waals surface area contributed by atoms with Crippen LogP contribution in [0.5, 0.6) is 0 Å². The predicted octanol–water partition coefficient (Wildman–Crippen LogP) is 5.56. The highest BCUT2D eigenvalue weighted by molar-refractivity contribution is 5.73. The van der Waals surface area contributed by atoms with Crippen LogP contribution < -0.4 is 5.32 Å². The second-order valence-corrected chi connectivity index (χ2v) is 11.8. The van der Waals surface area contributed by atoms with Gasteiger partial charge in [-0.15, -0.1) is 0 Å². The van der Waals surface area contributed by atoms with Crippen LogP contribution in [-0.2, 0) is 9.53 Å². The summed E-state index contributed by atoms with van der Waals surface area (Å²) in [5, 5.41) is 3.29. The van der Waals surface area contributed by atoms with Gasteiger partial charge in [0.2, 0.25) is 0 Å². The number of allylic oxidation sites excluding steroid dienone is 3. The fourth-order valence-corrected chi connectivity index (χ4v) is 8.38. The highest BCUT2D eigenvalue weighted by Crippen LogP contribution is 2.66. The number of ether oxygens (including phenoxy) is 1. The van der Waals surface area contributed by atoms with Gasteiger partial charge in [-0.3, -0.25) is 9.78 Å². The molecule has 1 aromatic heterocycles. The maximum Gasteiger partial charge on any atom is 0.310 e. The monoisotopic (exact) mass is 446 g/mol. The Morgan fingerprint density at radius 2 is 1.97 bits per heavy atom. The smallest absolute Gasteiger partial charge is 0.310 e. The first-order valence-corrected chi connectivity index (χ1v) is 13.2. The average molecular weight is 447 g/mol. The highest BCUT2D eigenvalue weighted by Gasteiger charge is 2.57. The lowest BCUT2D eigenvalue weighted by molar-refractivity contribution is -0.155. The lowest BCUT2D eigenvalue weighted by Gasteiger charge is -2.57. The summed E-state index contributed by atoms with van der Waals surface area (Å²) < 4.78 is 6.02. The molecule has 0 spiro atoms. The molecule has 0 bridgehead atoms. The minimum absolute atomic E-state index is 0.0243. The van der Waals surface area contributed by atoms with Gasteiger partial charge in [-0.25, -0.2) is 0 Å². The average Bonchev–Trinajstić information content (AvgIpc) is 3.48. The molecule has 0 amide bonds. The van der Waals surface area contributed by atoms with Gasteiger partial charge < -0.3 is 10.1 Å². The zero-order valence-corrected chi connectivity index (χ0v) is 20.2. The first-order valence-electron chi connectivity index (χ1n) is 13.2. The number of esters is 1. The largest absolute Gasteiger partial charge is 0.462 e. The summed E-state index contributed by atoms with van der Waals surface area (Å²) in [6.07, 6.45) is 18.1. The lowest BCUT2D eigenvalue weighted by Crippen LogP contribution is -2.50. The summed E-state index contributed by atoms with van der Waals surface area (Å²) in [5.74, 6) is 2.32. The van der Waals surface area contributed by atoms with E-state index < -0.39 is 0 Å². The minimum Gasteiger partial charge on any atom is -0.462 e. The number of fused-ring (bicyclic) bond motifs is 5. The number of hydrogen-bond donors (Lipinski definition) is 1. The Labute approximate surface area is 198 Å². The van der Waals surface area contributed by atoms with Crippen LogP contribution in [0.1, 0.15) is 70.8 Å². The third kappa shape index (κ3) is 3.43. The Hall–Kier alpha value is -1.94. The van der Waals surface area contributed by atoms with Gasteiger partial charge in [-0.2, -0.15) is 0 Å². The topological polar surface area (TPSA) is 51.2 Å². The zero-order chi connectivity index (χ0) is 22.6. The third-order valence-electron chi connectivity index (χ3n) is 10.3. The third-order valence-corrected chi connectivity index (χ3v) is 10.3. The Balaban J connectivity index is 1.19.